The monoisotopic (exact) mass is 757 g/mol. The molecule has 12 rings (SSSR count). The highest BCUT2D eigenvalue weighted by Gasteiger charge is 2.20. The largest absolute Gasteiger partial charge is 0.310 e. The molecule has 3 nitrogen and oxygen atoms in total. The molecule has 0 fully saturated rings. The third-order valence-electron chi connectivity index (χ3n) is 11.7. The topological polar surface area (TPSA) is 13.1 Å². The fourth-order valence-electron chi connectivity index (χ4n) is 9.12. The van der Waals surface area contributed by atoms with Gasteiger partial charge < -0.3 is 14.0 Å². The van der Waals surface area contributed by atoms with Crippen LogP contribution in [-0.4, -0.2) is 9.13 Å². The van der Waals surface area contributed by atoms with Gasteiger partial charge in [0.2, 0.25) is 0 Å². The number of hydrogen-bond acceptors (Lipinski definition) is 2. The zero-order chi connectivity index (χ0) is 38.2. The molecule has 4 heteroatoms. The van der Waals surface area contributed by atoms with Gasteiger partial charge in [0.05, 0.1) is 22.1 Å². The zero-order valence-corrected chi connectivity index (χ0v) is 32.3. The number of benzene rings is 9. The van der Waals surface area contributed by atoms with Crippen molar-refractivity contribution in [3.63, 3.8) is 0 Å². The van der Waals surface area contributed by atoms with Crippen LogP contribution in [0.4, 0.5) is 17.1 Å². The summed E-state index contributed by atoms with van der Waals surface area (Å²) in [6, 6.07) is 77.4. The molecule has 272 valence electrons. The predicted octanol–water partition coefficient (Wildman–Crippen LogP) is 15.4. The Morgan fingerprint density at radius 3 is 1.38 bits per heavy atom. The van der Waals surface area contributed by atoms with Crippen LogP contribution in [0.5, 0.6) is 0 Å². The summed E-state index contributed by atoms with van der Waals surface area (Å²) in [6.07, 6.45) is 0. The Morgan fingerprint density at radius 2 is 0.793 bits per heavy atom. The molecule has 9 aromatic carbocycles. The van der Waals surface area contributed by atoms with Crippen molar-refractivity contribution in [3.05, 3.63) is 212 Å². The predicted molar refractivity (Wildman–Crippen MR) is 248 cm³/mol. The standard InChI is InChI=1S/C54H35N3S/c1-3-14-37(15-4-1)56-49-23-10-7-18-43(49)47-34-40(30-32-51(47)56)55(39-28-26-36(27-29-39)42-21-13-22-46-45-20-9-12-25-53(45)58-54(42)46)41-31-33-52-48(35-41)44-19-8-11-24-50(44)57(52)38-16-5-2-6-17-38/h1-35H. The lowest BCUT2D eigenvalue weighted by Crippen LogP contribution is -2.10. The minimum atomic E-state index is 1.10. The fraction of sp³-hybridized carbons (Fsp3) is 0. The lowest BCUT2D eigenvalue weighted by atomic mass is 10.0. The van der Waals surface area contributed by atoms with Crippen molar-refractivity contribution < 1.29 is 0 Å². The van der Waals surface area contributed by atoms with Crippen LogP contribution in [0, 0.1) is 0 Å². The van der Waals surface area contributed by atoms with Crippen molar-refractivity contribution in [1.29, 1.82) is 0 Å². The number of hydrogen-bond donors (Lipinski definition) is 0. The number of rotatable bonds is 6. The van der Waals surface area contributed by atoms with E-state index >= 15 is 0 Å². The molecule has 0 aliphatic rings. The highest BCUT2D eigenvalue weighted by Crippen LogP contribution is 2.44. The first-order valence-corrected chi connectivity index (χ1v) is 20.6. The van der Waals surface area contributed by atoms with Crippen LogP contribution in [0.1, 0.15) is 0 Å². The Balaban J connectivity index is 1.07. The molecule has 0 saturated heterocycles. The third kappa shape index (κ3) is 5.05. The third-order valence-corrected chi connectivity index (χ3v) is 12.9. The van der Waals surface area contributed by atoms with Gasteiger partial charge >= 0.3 is 0 Å². The van der Waals surface area contributed by atoms with Gasteiger partial charge in [-0.15, -0.1) is 11.3 Å². The van der Waals surface area contributed by atoms with E-state index in [4.69, 9.17) is 0 Å². The summed E-state index contributed by atoms with van der Waals surface area (Å²) in [4.78, 5) is 2.42. The lowest BCUT2D eigenvalue weighted by Gasteiger charge is -2.26. The molecule has 0 bridgehead atoms. The van der Waals surface area contributed by atoms with E-state index in [-0.39, 0.29) is 0 Å². The molecule has 58 heavy (non-hydrogen) atoms. The highest BCUT2D eigenvalue weighted by atomic mass is 32.1. The number of para-hydroxylation sites is 4. The first-order chi connectivity index (χ1) is 28.8. The molecule has 0 spiro atoms. The Morgan fingerprint density at radius 1 is 0.328 bits per heavy atom. The maximum Gasteiger partial charge on any atom is 0.0542 e. The Hall–Kier alpha value is -7.40. The Labute approximate surface area is 339 Å². The van der Waals surface area contributed by atoms with Crippen molar-refractivity contribution in [2.75, 3.05) is 4.90 Å². The number of thiophene rings is 1. The number of aromatic nitrogens is 2. The van der Waals surface area contributed by atoms with Gasteiger partial charge in [-0.3, -0.25) is 0 Å². The molecule has 0 amide bonds. The molecule has 0 unspecified atom stereocenters. The maximum atomic E-state index is 2.42. The van der Waals surface area contributed by atoms with Crippen LogP contribution < -0.4 is 4.90 Å². The van der Waals surface area contributed by atoms with Gasteiger partial charge in [-0.05, 0) is 102 Å². The van der Waals surface area contributed by atoms with E-state index in [1.54, 1.807) is 0 Å². The molecule has 0 N–H and O–H groups in total. The van der Waals surface area contributed by atoms with Crippen molar-refractivity contribution in [1.82, 2.24) is 9.13 Å². The van der Waals surface area contributed by atoms with E-state index < -0.39 is 0 Å². The van der Waals surface area contributed by atoms with Gasteiger partial charge in [-0.2, -0.15) is 0 Å². The molecule has 0 radical (unpaired) electrons. The van der Waals surface area contributed by atoms with E-state index in [0.717, 1.165) is 28.4 Å². The number of anilines is 3. The first-order valence-electron chi connectivity index (χ1n) is 19.8. The van der Waals surface area contributed by atoms with Crippen LogP contribution >= 0.6 is 11.3 Å². The molecule has 0 saturated carbocycles. The zero-order valence-electron chi connectivity index (χ0n) is 31.5. The molecule has 3 heterocycles. The van der Waals surface area contributed by atoms with Gasteiger partial charge in [0.1, 0.15) is 0 Å². The molecular weight excluding hydrogens is 723 g/mol. The van der Waals surface area contributed by atoms with Crippen molar-refractivity contribution in [3.8, 4) is 22.5 Å². The number of fused-ring (bicyclic) bond motifs is 9. The summed E-state index contributed by atoms with van der Waals surface area (Å²) >= 11 is 1.88. The van der Waals surface area contributed by atoms with Gasteiger partial charge in [-0.25, -0.2) is 0 Å². The Kier molecular flexibility index (Phi) is 7.40. The van der Waals surface area contributed by atoms with Gasteiger partial charge in [0, 0.05) is 70.2 Å². The van der Waals surface area contributed by atoms with Crippen LogP contribution in [0.15, 0.2) is 212 Å². The normalized spacial score (nSPS) is 11.8. The highest BCUT2D eigenvalue weighted by molar-refractivity contribution is 7.26. The van der Waals surface area contributed by atoms with Crippen LogP contribution in [0.3, 0.4) is 0 Å². The van der Waals surface area contributed by atoms with Gasteiger partial charge in [-0.1, -0.05) is 121 Å². The molecule has 0 aliphatic carbocycles. The summed E-state index contributed by atoms with van der Waals surface area (Å²) in [5.41, 5.74) is 12.9. The van der Waals surface area contributed by atoms with Crippen molar-refractivity contribution in [2.24, 2.45) is 0 Å². The SMILES string of the molecule is c1ccc(-n2c3ccccc3c3cc(N(c4ccc(-c5cccc6c5sc5ccccc56)cc4)c4ccc5c(c4)c4ccccc4n5-c4ccccc4)ccc32)cc1. The maximum absolute atomic E-state index is 2.42. The number of nitrogens with zero attached hydrogens (tertiary/aromatic N) is 3. The average molecular weight is 758 g/mol. The molecular formula is C54H35N3S. The van der Waals surface area contributed by atoms with Crippen LogP contribution in [-0.2, 0) is 0 Å². The summed E-state index contributed by atoms with van der Waals surface area (Å²) in [6.45, 7) is 0. The van der Waals surface area contributed by atoms with E-state index in [0.29, 0.717) is 0 Å². The molecule has 0 aliphatic heterocycles. The van der Waals surface area contributed by atoms with E-state index in [1.165, 1.54) is 74.9 Å². The summed E-state index contributed by atoms with van der Waals surface area (Å²) in [5.74, 6) is 0. The van der Waals surface area contributed by atoms with Gasteiger partial charge in [0.25, 0.3) is 0 Å². The minimum Gasteiger partial charge on any atom is -0.310 e. The summed E-state index contributed by atoms with van der Waals surface area (Å²) < 4.78 is 7.41. The second-order valence-corrected chi connectivity index (χ2v) is 16.0. The fourth-order valence-corrected chi connectivity index (χ4v) is 10.4. The van der Waals surface area contributed by atoms with Crippen molar-refractivity contribution in [2.45, 2.75) is 0 Å². The minimum absolute atomic E-state index is 1.10. The van der Waals surface area contributed by atoms with E-state index in [9.17, 15) is 0 Å². The quantitative estimate of drug-likeness (QED) is 0.165. The second kappa shape index (κ2) is 13.1. The lowest BCUT2D eigenvalue weighted by molar-refractivity contribution is 1.18. The van der Waals surface area contributed by atoms with E-state index in [1.807, 2.05) is 11.3 Å². The molecule has 3 aromatic heterocycles. The summed E-state index contributed by atoms with van der Waals surface area (Å²) in [7, 11) is 0. The second-order valence-electron chi connectivity index (χ2n) is 14.9. The summed E-state index contributed by atoms with van der Waals surface area (Å²) in [5, 5.41) is 7.54. The smallest absolute Gasteiger partial charge is 0.0542 e. The first kappa shape index (κ1) is 32.8. The van der Waals surface area contributed by atoms with Gasteiger partial charge in [0.15, 0.2) is 0 Å². The molecule has 12 aromatic rings. The van der Waals surface area contributed by atoms with Crippen LogP contribution in [0.2, 0.25) is 0 Å². The van der Waals surface area contributed by atoms with Crippen LogP contribution in [0.25, 0.3) is 86.3 Å². The van der Waals surface area contributed by atoms with Crippen molar-refractivity contribution >= 4 is 92.2 Å². The van der Waals surface area contributed by atoms with E-state index in [2.05, 4.69) is 226 Å². The average Bonchev–Trinajstić information content (AvgIpc) is 3.95. The Bertz CT molecular complexity index is 3340. The molecule has 0 atom stereocenters.